The first-order valence-corrected chi connectivity index (χ1v) is 13.1. The average Bonchev–Trinajstić information content (AvgIpc) is 2.90. The molecule has 4 N–H and O–H groups in total. The molecule has 1 fully saturated rings. The minimum atomic E-state index is -1.42. The molecule has 0 saturated carbocycles. The van der Waals surface area contributed by atoms with Crippen LogP contribution < -0.4 is 4.74 Å². The number of aliphatic hydroxyl groups is 3. The molecule has 0 bridgehead atoms. The monoisotopic (exact) mass is 545 g/mol. The molecule has 3 aromatic rings. The maximum absolute atomic E-state index is 11.0. The summed E-state index contributed by atoms with van der Waals surface area (Å²) in [5.41, 5.74) is 2.55. The van der Waals surface area contributed by atoms with Crippen molar-refractivity contribution in [2.24, 2.45) is 0 Å². The number of carboxylic acids is 1. The van der Waals surface area contributed by atoms with Gasteiger partial charge in [-0.25, -0.2) is 9.78 Å². The van der Waals surface area contributed by atoms with Gasteiger partial charge in [0.15, 0.2) is 0 Å². The number of aromatic nitrogens is 1. The van der Waals surface area contributed by atoms with E-state index >= 15 is 0 Å². The molecule has 1 aromatic heterocycles. The number of halogens is 1. The predicted molar refractivity (Wildman–Crippen MR) is 139 cm³/mol. The lowest BCUT2D eigenvalue weighted by Crippen LogP contribution is -2.54. The predicted octanol–water partition coefficient (Wildman–Crippen LogP) is 3.74. The molecule has 1 aliphatic heterocycles. The Morgan fingerprint density at radius 1 is 1.05 bits per heavy atom. The van der Waals surface area contributed by atoms with E-state index in [-0.39, 0.29) is 11.3 Å². The van der Waals surface area contributed by atoms with Gasteiger partial charge in [-0.05, 0) is 60.4 Å². The van der Waals surface area contributed by atoms with Gasteiger partial charge < -0.3 is 29.9 Å². The maximum Gasteiger partial charge on any atom is 0.337 e. The van der Waals surface area contributed by atoms with Crippen molar-refractivity contribution in [2.45, 2.75) is 48.9 Å². The van der Waals surface area contributed by atoms with Crippen molar-refractivity contribution in [1.29, 1.82) is 0 Å². The fraction of sp³-hybridized carbons (Fsp3) is 0.333. The molecule has 196 valence electrons. The lowest BCUT2D eigenvalue weighted by Gasteiger charge is -2.41. The van der Waals surface area contributed by atoms with Crippen LogP contribution in [0.5, 0.6) is 5.75 Å². The number of aliphatic hydroxyl groups excluding tert-OH is 3. The van der Waals surface area contributed by atoms with E-state index in [9.17, 15) is 20.1 Å². The molecule has 2 aromatic carbocycles. The molecule has 1 aliphatic rings. The van der Waals surface area contributed by atoms with E-state index in [1.807, 2.05) is 37.3 Å². The van der Waals surface area contributed by atoms with Crippen LogP contribution in [-0.4, -0.2) is 68.2 Å². The first kappa shape index (κ1) is 27.4. The second-order valence-electron chi connectivity index (χ2n) is 8.67. The largest absolute Gasteiger partial charge is 0.494 e. The van der Waals surface area contributed by atoms with Crippen LogP contribution in [0.15, 0.2) is 65.8 Å². The molecule has 10 heteroatoms. The Labute approximate surface area is 223 Å². The van der Waals surface area contributed by atoms with Crippen LogP contribution in [0.25, 0.3) is 0 Å². The van der Waals surface area contributed by atoms with Crippen molar-refractivity contribution < 1.29 is 34.7 Å². The Hall–Kier alpha value is -2.66. The summed E-state index contributed by atoms with van der Waals surface area (Å²) in [6.07, 6.45) is -3.97. The average molecular weight is 546 g/mol. The molecule has 8 nitrogen and oxygen atoms in total. The smallest absolute Gasteiger partial charge is 0.337 e. The summed E-state index contributed by atoms with van der Waals surface area (Å²) in [7, 11) is 0. The van der Waals surface area contributed by atoms with Gasteiger partial charge in [0, 0.05) is 17.0 Å². The normalized spacial score (nSPS) is 23.5. The number of ether oxygens (including phenoxy) is 2. The highest BCUT2D eigenvalue weighted by Crippen LogP contribution is 2.36. The molecular formula is C27H28ClNO7S. The summed E-state index contributed by atoms with van der Waals surface area (Å²) in [5.74, 6) is -0.0535. The van der Waals surface area contributed by atoms with E-state index in [1.54, 1.807) is 18.2 Å². The molecule has 0 spiro atoms. The summed E-state index contributed by atoms with van der Waals surface area (Å²) >= 11 is 7.72. The third-order valence-corrected chi connectivity index (χ3v) is 7.52. The maximum atomic E-state index is 11.0. The fourth-order valence-corrected chi connectivity index (χ4v) is 5.21. The number of pyridine rings is 1. The van der Waals surface area contributed by atoms with Gasteiger partial charge >= 0.3 is 5.97 Å². The summed E-state index contributed by atoms with van der Waals surface area (Å²) in [5, 5.41) is 42.0. The van der Waals surface area contributed by atoms with Crippen LogP contribution in [0.4, 0.5) is 0 Å². The van der Waals surface area contributed by atoms with Gasteiger partial charge in [-0.1, -0.05) is 35.9 Å². The minimum absolute atomic E-state index is 0.0701. The van der Waals surface area contributed by atoms with Crippen molar-refractivity contribution in [3.8, 4) is 5.75 Å². The fourth-order valence-electron chi connectivity index (χ4n) is 4.12. The summed E-state index contributed by atoms with van der Waals surface area (Å²) < 4.78 is 11.6. The number of aromatic carboxylic acids is 1. The number of benzene rings is 2. The van der Waals surface area contributed by atoms with E-state index < -0.39 is 36.5 Å². The van der Waals surface area contributed by atoms with Crippen molar-refractivity contribution in [3.05, 3.63) is 88.1 Å². The lowest BCUT2D eigenvalue weighted by molar-refractivity contribution is -0.218. The van der Waals surface area contributed by atoms with Gasteiger partial charge in [-0.2, -0.15) is 0 Å². The first-order chi connectivity index (χ1) is 17.8. The number of hydrogen-bond acceptors (Lipinski definition) is 8. The lowest BCUT2D eigenvalue weighted by atomic mass is 9.90. The Morgan fingerprint density at radius 3 is 2.46 bits per heavy atom. The summed E-state index contributed by atoms with van der Waals surface area (Å²) in [4.78, 5) is 15.1. The van der Waals surface area contributed by atoms with Crippen molar-refractivity contribution >= 4 is 29.3 Å². The van der Waals surface area contributed by atoms with E-state index in [0.717, 1.165) is 16.9 Å². The molecule has 0 unspecified atom stereocenters. The first-order valence-electron chi connectivity index (χ1n) is 11.8. The third-order valence-electron chi connectivity index (χ3n) is 6.12. The Balaban J connectivity index is 1.48. The van der Waals surface area contributed by atoms with Crippen LogP contribution in [0.1, 0.15) is 40.1 Å². The second kappa shape index (κ2) is 12.3. The van der Waals surface area contributed by atoms with Crippen molar-refractivity contribution in [1.82, 2.24) is 4.98 Å². The van der Waals surface area contributed by atoms with Crippen molar-refractivity contribution in [3.63, 3.8) is 0 Å². The van der Waals surface area contributed by atoms with Crippen LogP contribution in [0.2, 0.25) is 5.02 Å². The van der Waals surface area contributed by atoms with Crippen LogP contribution >= 0.6 is 23.4 Å². The molecule has 2 heterocycles. The number of hydrogen-bond donors (Lipinski definition) is 4. The molecular weight excluding hydrogens is 518 g/mol. The topological polar surface area (TPSA) is 129 Å². The van der Waals surface area contributed by atoms with E-state index in [0.29, 0.717) is 28.6 Å². The molecule has 37 heavy (non-hydrogen) atoms. The SMILES string of the molecule is CCOc1ccc(Cc2cc([C@@H]3O[C@H](CSc4ccc(C(=O)O)cn4)[C@@H](O)[C@H](O)[C@H]3O)ccc2Cl)cc1. The van der Waals surface area contributed by atoms with Gasteiger partial charge in [0.1, 0.15) is 30.2 Å². The Bertz CT molecular complexity index is 1210. The van der Waals surface area contributed by atoms with Gasteiger partial charge in [0.25, 0.3) is 0 Å². The minimum Gasteiger partial charge on any atom is -0.494 e. The quantitative estimate of drug-likeness (QED) is 0.297. The van der Waals surface area contributed by atoms with Crippen LogP contribution in [0, 0.1) is 0 Å². The van der Waals surface area contributed by atoms with Gasteiger partial charge in [-0.15, -0.1) is 11.8 Å². The molecule has 0 aliphatic carbocycles. The van der Waals surface area contributed by atoms with Crippen LogP contribution in [0.3, 0.4) is 0 Å². The highest BCUT2D eigenvalue weighted by atomic mass is 35.5. The summed E-state index contributed by atoms with van der Waals surface area (Å²) in [6.45, 7) is 2.51. The zero-order valence-corrected chi connectivity index (χ0v) is 21.6. The zero-order chi connectivity index (χ0) is 26.5. The molecule has 0 radical (unpaired) electrons. The zero-order valence-electron chi connectivity index (χ0n) is 20.0. The van der Waals surface area contributed by atoms with Gasteiger partial charge in [-0.3, -0.25) is 0 Å². The van der Waals surface area contributed by atoms with Gasteiger partial charge in [0.05, 0.1) is 23.3 Å². The third kappa shape index (κ3) is 6.62. The number of rotatable bonds is 9. The van der Waals surface area contributed by atoms with Gasteiger partial charge in [0.2, 0.25) is 0 Å². The second-order valence-corrected chi connectivity index (χ2v) is 10.1. The number of carbonyl (C=O) groups is 1. The van der Waals surface area contributed by atoms with E-state index in [4.69, 9.17) is 26.2 Å². The Morgan fingerprint density at radius 2 is 1.81 bits per heavy atom. The van der Waals surface area contributed by atoms with E-state index in [2.05, 4.69) is 4.98 Å². The molecule has 1 saturated heterocycles. The highest BCUT2D eigenvalue weighted by molar-refractivity contribution is 7.99. The highest BCUT2D eigenvalue weighted by Gasteiger charge is 2.44. The number of nitrogens with zero attached hydrogens (tertiary/aromatic N) is 1. The van der Waals surface area contributed by atoms with E-state index in [1.165, 1.54) is 24.0 Å². The summed E-state index contributed by atoms with van der Waals surface area (Å²) in [6, 6.07) is 16.0. The number of carboxylic acid groups (broad SMARTS) is 1. The van der Waals surface area contributed by atoms with Crippen LogP contribution in [-0.2, 0) is 11.2 Å². The molecule has 0 amide bonds. The molecule has 5 atom stereocenters. The number of thioether (sulfide) groups is 1. The van der Waals surface area contributed by atoms with Crippen molar-refractivity contribution in [2.75, 3.05) is 12.4 Å². The Kier molecular flexibility index (Phi) is 9.07. The standard InChI is InChI=1S/C27H28ClNO7S/c1-2-35-19-7-3-15(4-8-19)11-18-12-16(5-9-20(18)28)26-25(32)24(31)23(30)21(36-26)14-37-22-10-6-17(13-29-22)27(33)34/h3-10,12-13,21,23-26,30-32H,2,11,14H2,1H3,(H,33,34)/t21-,23-,24+,25-,26+/m1/s1. The molecule has 4 rings (SSSR count).